The van der Waals surface area contributed by atoms with Gasteiger partial charge in [-0.3, -0.25) is 4.79 Å². The highest BCUT2D eigenvalue weighted by Crippen LogP contribution is 2.18. The second kappa shape index (κ2) is 8.45. The Hall–Kier alpha value is -2.65. The summed E-state index contributed by atoms with van der Waals surface area (Å²) in [7, 11) is 0. The summed E-state index contributed by atoms with van der Waals surface area (Å²) in [4.78, 5) is 12.2. The minimum atomic E-state index is 0.0344. The highest BCUT2D eigenvalue weighted by molar-refractivity contribution is 5.93. The SMILES string of the molecule is Cc1ccc(C(=O)CCNC(Cc2ccccc2)c2ccccc2)o1. The number of carbonyl (C=O) groups is 1. The number of rotatable bonds is 8. The normalized spacial score (nSPS) is 12.0. The molecule has 3 aromatic rings. The molecule has 3 rings (SSSR count). The van der Waals surface area contributed by atoms with Gasteiger partial charge in [-0.25, -0.2) is 0 Å². The number of hydrogen-bond donors (Lipinski definition) is 1. The molecule has 2 aromatic carbocycles. The van der Waals surface area contributed by atoms with Crippen LogP contribution in [0.15, 0.2) is 77.2 Å². The Labute approximate surface area is 148 Å². The molecule has 0 saturated carbocycles. The summed E-state index contributed by atoms with van der Waals surface area (Å²) < 4.78 is 5.41. The number of carbonyl (C=O) groups excluding carboxylic acids is 1. The van der Waals surface area contributed by atoms with Gasteiger partial charge in [-0.2, -0.15) is 0 Å². The molecule has 1 N–H and O–H groups in total. The first-order chi connectivity index (χ1) is 12.2. The molecule has 1 heterocycles. The van der Waals surface area contributed by atoms with Gasteiger partial charge in [0.15, 0.2) is 11.5 Å². The van der Waals surface area contributed by atoms with Gasteiger partial charge in [0.2, 0.25) is 0 Å². The maximum atomic E-state index is 12.2. The highest BCUT2D eigenvalue weighted by Gasteiger charge is 2.14. The molecule has 0 aliphatic rings. The van der Waals surface area contributed by atoms with Crippen molar-refractivity contribution in [1.82, 2.24) is 5.32 Å². The van der Waals surface area contributed by atoms with Gasteiger partial charge in [-0.1, -0.05) is 60.7 Å². The Kier molecular flexibility index (Phi) is 5.81. The Morgan fingerprint density at radius 3 is 2.28 bits per heavy atom. The first kappa shape index (κ1) is 17.2. The van der Waals surface area contributed by atoms with Gasteiger partial charge >= 0.3 is 0 Å². The minimum absolute atomic E-state index is 0.0344. The van der Waals surface area contributed by atoms with Crippen LogP contribution >= 0.6 is 0 Å². The molecule has 25 heavy (non-hydrogen) atoms. The number of benzene rings is 2. The fourth-order valence-electron chi connectivity index (χ4n) is 2.91. The van der Waals surface area contributed by atoms with E-state index in [0.717, 1.165) is 12.2 Å². The van der Waals surface area contributed by atoms with Gasteiger partial charge in [-0.15, -0.1) is 0 Å². The van der Waals surface area contributed by atoms with E-state index in [2.05, 4.69) is 41.7 Å². The lowest BCUT2D eigenvalue weighted by atomic mass is 9.98. The lowest BCUT2D eigenvalue weighted by Crippen LogP contribution is -2.26. The van der Waals surface area contributed by atoms with Crippen LogP contribution in [0.3, 0.4) is 0 Å². The van der Waals surface area contributed by atoms with E-state index >= 15 is 0 Å². The molecule has 0 aliphatic carbocycles. The van der Waals surface area contributed by atoms with Crippen molar-refractivity contribution in [1.29, 1.82) is 0 Å². The van der Waals surface area contributed by atoms with Gasteiger partial charge in [0.25, 0.3) is 0 Å². The third kappa shape index (κ3) is 4.91. The molecule has 1 aromatic heterocycles. The molecule has 0 saturated heterocycles. The molecule has 128 valence electrons. The summed E-state index contributed by atoms with van der Waals surface area (Å²) in [5, 5.41) is 3.53. The van der Waals surface area contributed by atoms with Gasteiger partial charge < -0.3 is 9.73 Å². The standard InChI is InChI=1S/C22H23NO2/c1-17-12-13-22(25-17)21(24)14-15-23-20(19-10-6-3-7-11-19)16-18-8-4-2-5-9-18/h2-13,20,23H,14-16H2,1H3. The number of Topliss-reactive ketones (excluding diaryl/α,β-unsaturated/α-hetero) is 1. The van der Waals surface area contributed by atoms with E-state index in [4.69, 9.17) is 4.42 Å². The molecule has 3 nitrogen and oxygen atoms in total. The molecule has 0 bridgehead atoms. The van der Waals surface area contributed by atoms with Crippen molar-refractivity contribution in [2.24, 2.45) is 0 Å². The second-order valence-electron chi connectivity index (χ2n) is 6.19. The monoisotopic (exact) mass is 333 g/mol. The molecular weight excluding hydrogens is 310 g/mol. The van der Waals surface area contributed by atoms with Crippen LogP contribution in [0.1, 0.15) is 39.9 Å². The lowest BCUT2D eigenvalue weighted by molar-refractivity contribution is 0.0953. The van der Waals surface area contributed by atoms with Crippen molar-refractivity contribution in [2.45, 2.75) is 25.8 Å². The van der Waals surface area contributed by atoms with E-state index in [-0.39, 0.29) is 11.8 Å². The van der Waals surface area contributed by atoms with Crippen molar-refractivity contribution in [2.75, 3.05) is 6.54 Å². The number of nitrogens with one attached hydrogen (secondary N) is 1. The lowest BCUT2D eigenvalue weighted by Gasteiger charge is -2.19. The molecule has 0 radical (unpaired) electrons. The van der Waals surface area contributed by atoms with E-state index in [1.54, 1.807) is 6.07 Å². The number of ketones is 1. The summed E-state index contributed by atoms with van der Waals surface area (Å²) in [6.45, 7) is 2.46. The zero-order chi connectivity index (χ0) is 17.5. The summed E-state index contributed by atoms with van der Waals surface area (Å²) >= 11 is 0. The third-order valence-corrected chi connectivity index (χ3v) is 4.24. The van der Waals surface area contributed by atoms with E-state index in [9.17, 15) is 4.79 Å². The first-order valence-corrected chi connectivity index (χ1v) is 8.64. The van der Waals surface area contributed by atoms with E-state index in [0.29, 0.717) is 18.7 Å². The van der Waals surface area contributed by atoms with Gasteiger partial charge in [-0.05, 0) is 36.6 Å². The molecular formula is C22H23NO2. The largest absolute Gasteiger partial charge is 0.458 e. The molecule has 0 amide bonds. The van der Waals surface area contributed by atoms with Crippen LogP contribution in [-0.2, 0) is 6.42 Å². The quantitative estimate of drug-likeness (QED) is 0.606. The van der Waals surface area contributed by atoms with E-state index < -0.39 is 0 Å². The minimum Gasteiger partial charge on any atom is -0.458 e. The predicted octanol–water partition coefficient (Wildman–Crippen LogP) is 4.73. The van der Waals surface area contributed by atoms with E-state index in [1.807, 2.05) is 37.3 Å². The Bertz CT molecular complexity index is 793. The average molecular weight is 333 g/mol. The molecule has 0 spiro atoms. The predicted molar refractivity (Wildman–Crippen MR) is 99.7 cm³/mol. The van der Waals surface area contributed by atoms with Crippen LogP contribution < -0.4 is 5.32 Å². The second-order valence-corrected chi connectivity index (χ2v) is 6.19. The maximum Gasteiger partial charge on any atom is 0.199 e. The Morgan fingerprint density at radius 1 is 0.960 bits per heavy atom. The Balaban J connectivity index is 1.62. The number of hydrogen-bond acceptors (Lipinski definition) is 3. The molecule has 1 atom stereocenters. The fourth-order valence-corrected chi connectivity index (χ4v) is 2.91. The van der Waals surface area contributed by atoms with Crippen LogP contribution in [0.2, 0.25) is 0 Å². The van der Waals surface area contributed by atoms with Crippen molar-refractivity contribution < 1.29 is 9.21 Å². The molecule has 1 unspecified atom stereocenters. The topological polar surface area (TPSA) is 42.2 Å². The summed E-state index contributed by atoms with van der Waals surface area (Å²) in [5.74, 6) is 1.24. The van der Waals surface area contributed by atoms with Crippen LogP contribution in [0.25, 0.3) is 0 Å². The van der Waals surface area contributed by atoms with E-state index in [1.165, 1.54) is 11.1 Å². The number of aryl methyl sites for hydroxylation is 1. The van der Waals surface area contributed by atoms with Gasteiger partial charge in [0, 0.05) is 19.0 Å². The summed E-state index contributed by atoms with van der Waals surface area (Å²) in [5.41, 5.74) is 2.50. The average Bonchev–Trinajstić information content (AvgIpc) is 3.09. The zero-order valence-electron chi connectivity index (χ0n) is 14.4. The van der Waals surface area contributed by atoms with Gasteiger partial charge in [0.05, 0.1) is 0 Å². The summed E-state index contributed by atoms with van der Waals surface area (Å²) in [6.07, 6.45) is 1.31. The molecule has 0 fully saturated rings. The van der Waals surface area contributed by atoms with Crippen LogP contribution in [0.4, 0.5) is 0 Å². The summed E-state index contributed by atoms with van der Waals surface area (Å²) in [6, 6.07) is 24.5. The smallest absolute Gasteiger partial charge is 0.199 e. The van der Waals surface area contributed by atoms with Gasteiger partial charge in [0.1, 0.15) is 5.76 Å². The third-order valence-electron chi connectivity index (χ3n) is 4.24. The van der Waals surface area contributed by atoms with Crippen molar-refractivity contribution in [3.05, 3.63) is 95.4 Å². The molecule has 3 heteroatoms. The van der Waals surface area contributed by atoms with Crippen molar-refractivity contribution in [3.63, 3.8) is 0 Å². The Morgan fingerprint density at radius 2 is 1.64 bits per heavy atom. The zero-order valence-corrected chi connectivity index (χ0v) is 14.4. The first-order valence-electron chi connectivity index (χ1n) is 8.64. The highest BCUT2D eigenvalue weighted by atomic mass is 16.3. The van der Waals surface area contributed by atoms with Crippen LogP contribution in [0.5, 0.6) is 0 Å². The number of furan rings is 1. The van der Waals surface area contributed by atoms with Crippen LogP contribution in [0, 0.1) is 6.92 Å². The molecule has 0 aliphatic heterocycles. The maximum absolute atomic E-state index is 12.2. The van der Waals surface area contributed by atoms with Crippen LogP contribution in [-0.4, -0.2) is 12.3 Å². The van der Waals surface area contributed by atoms with Crippen molar-refractivity contribution >= 4 is 5.78 Å². The fraction of sp³-hybridized carbons (Fsp3) is 0.227. The van der Waals surface area contributed by atoms with Crippen molar-refractivity contribution in [3.8, 4) is 0 Å².